The molecule has 6 rings (SSSR count). The van der Waals surface area contributed by atoms with E-state index in [4.69, 9.17) is 4.98 Å². The van der Waals surface area contributed by atoms with E-state index < -0.39 is 16.2 Å². The van der Waals surface area contributed by atoms with Crippen LogP contribution in [-0.4, -0.2) is 70.8 Å². The van der Waals surface area contributed by atoms with Crippen LogP contribution in [0.5, 0.6) is 0 Å². The molecule has 1 aromatic heterocycles. The third kappa shape index (κ3) is 4.62. The Morgan fingerprint density at radius 3 is 2.56 bits per heavy atom. The number of carbonyl (C=O) groups is 2. The highest BCUT2D eigenvalue weighted by molar-refractivity contribution is 9.10. The van der Waals surface area contributed by atoms with Crippen LogP contribution in [0.1, 0.15) is 18.4 Å². The van der Waals surface area contributed by atoms with E-state index in [1.54, 1.807) is 4.90 Å². The van der Waals surface area contributed by atoms with E-state index in [1.165, 1.54) is 12.1 Å². The van der Waals surface area contributed by atoms with Crippen molar-refractivity contribution in [3.05, 3.63) is 74.5 Å². The van der Waals surface area contributed by atoms with E-state index in [0.29, 0.717) is 39.3 Å². The van der Waals surface area contributed by atoms with E-state index in [9.17, 15) is 24.1 Å². The predicted molar refractivity (Wildman–Crippen MR) is 147 cm³/mol. The Kier molecular flexibility index (Phi) is 6.49. The maximum absolute atomic E-state index is 14.4. The fourth-order valence-electron chi connectivity index (χ4n) is 6.16. The molecule has 3 aromatic rings. The third-order valence-corrected chi connectivity index (χ3v) is 9.02. The SMILES string of the molecule is O=C(Cc1ccc([N+](=O)[O-])cc1F)N1CC2CCC2(C(=O)N2CCN(c3ccc4cc(Br)ccc4n3)CC2)C1. The molecule has 3 fully saturated rings. The number of nitro benzene ring substituents is 1. The van der Waals surface area contributed by atoms with Gasteiger partial charge in [0.25, 0.3) is 5.69 Å². The molecule has 11 heteroatoms. The molecule has 0 radical (unpaired) electrons. The number of amides is 2. The highest BCUT2D eigenvalue weighted by atomic mass is 79.9. The number of nitrogens with zero attached hydrogens (tertiary/aromatic N) is 5. The molecular weight excluding hydrogens is 569 g/mol. The topological polar surface area (TPSA) is 99.9 Å². The van der Waals surface area contributed by atoms with Crippen LogP contribution in [0.4, 0.5) is 15.9 Å². The van der Waals surface area contributed by atoms with Crippen molar-refractivity contribution in [2.24, 2.45) is 11.3 Å². The summed E-state index contributed by atoms with van der Waals surface area (Å²) in [6.45, 7) is 3.37. The molecule has 1 saturated carbocycles. The van der Waals surface area contributed by atoms with E-state index in [0.717, 1.165) is 40.1 Å². The van der Waals surface area contributed by atoms with Gasteiger partial charge in [-0.25, -0.2) is 9.37 Å². The van der Waals surface area contributed by atoms with Crippen LogP contribution in [0.15, 0.2) is 53.0 Å². The minimum absolute atomic E-state index is 0.103. The van der Waals surface area contributed by atoms with Crippen LogP contribution in [-0.2, 0) is 16.0 Å². The molecule has 202 valence electrons. The van der Waals surface area contributed by atoms with Gasteiger partial charge in [0.2, 0.25) is 11.8 Å². The van der Waals surface area contributed by atoms with Crippen molar-refractivity contribution >= 4 is 50.2 Å². The molecule has 39 heavy (non-hydrogen) atoms. The molecule has 2 unspecified atom stereocenters. The van der Waals surface area contributed by atoms with Crippen LogP contribution in [0.2, 0.25) is 0 Å². The summed E-state index contributed by atoms with van der Waals surface area (Å²) in [6, 6.07) is 13.4. The standard InChI is InChI=1S/C28H27BrFN5O4/c29-21-3-5-24-19(13-21)2-6-25(31-24)32-9-11-33(12-10-32)27(37)28-8-7-20(28)16-34(17-28)26(36)14-18-1-4-22(35(38)39)15-23(18)30/h1-6,13,15,20H,7-12,14,16-17H2. The first-order valence-electron chi connectivity index (χ1n) is 13.0. The van der Waals surface area contributed by atoms with E-state index in [1.807, 2.05) is 29.2 Å². The highest BCUT2D eigenvalue weighted by Gasteiger charge is 2.59. The van der Waals surface area contributed by atoms with Crippen molar-refractivity contribution in [2.45, 2.75) is 19.3 Å². The van der Waals surface area contributed by atoms with Crippen LogP contribution in [0, 0.1) is 27.3 Å². The molecule has 0 spiro atoms. The number of fused-ring (bicyclic) bond motifs is 2. The number of hydrogen-bond donors (Lipinski definition) is 0. The van der Waals surface area contributed by atoms with Gasteiger partial charge in [0.05, 0.1) is 28.3 Å². The largest absolute Gasteiger partial charge is 0.353 e. The van der Waals surface area contributed by atoms with Gasteiger partial charge < -0.3 is 14.7 Å². The molecule has 0 bridgehead atoms. The number of nitro groups is 1. The third-order valence-electron chi connectivity index (χ3n) is 8.53. The zero-order chi connectivity index (χ0) is 27.3. The molecular formula is C28H27BrFN5O4. The second-order valence-corrected chi connectivity index (χ2v) is 11.6. The smallest absolute Gasteiger partial charge is 0.272 e. The number of non-ortho nitro benzene ring substituents is 1. The lowest BCUT2D eigenvalue weighted by molar-refractivity contribution is -0.385. The van der Waals surface area contributed by atoms with Gasteiger partial charge in [-0.15, -0.1) is 0 Å². The van der Waals surface area contributed by atoms with E-state index in [2.05, 4.69) is 26.9 Å². The Balaban J connectivity index is 1.09. The minimum Gasteiger partial charge on any atom is -0.353 e. The maximum atomic E-state index is 14.4. The second kappa shape index (κ2) is 9.86. The number of hydrogen-bond acceptors (Lipinski definition) is 6. The van der Waals surface area contributed by atoms with Gasteiger partial charge in [0.15, 0.2) is 0 Å². The van der Waals surface area contributed by atoms with Crippen LogP contribution in [0.25, 0.3) is 10.9 Å². The van der Waals surface area contributed by atoms with Crippen molar-refractivity contribution in [3.8, 4) is 0 Å². The molecule has 9 nitrogen and oxygen atoms in total. The molecule has 0 N–H and O–H groups in total. The molecule has 2 aliphatic heterocycles. The van der Waals surface area contributed by atoms with Crippen LogP contribution < -0.4 is 4.90 Å². The van der Waals surface area contributed by atoms with Crippen molar-refractivity contribution in [1.82, 2.24) is 14.8 Å². The predicted octanol–water partition coefficient (Wildman–Crippen LogP) is 4.17. The number of rotatable bonds is 5. The van der Waals surface area contributed by atoms with Crippen molar-refractivity contribution in [1.29, 1.82) is 0 Å². The summed E-state index contributed by atoms with van der Waals surface area (Å²) >= 11 is 3.49. The molecule has 3 aliphatic rings. The van der Waals surface area contributed by atoms with Gasteiger partial charge in [-0.1, -0.05) is 15.9 Å². The van der Waals surface area contributed by atoms with Crippen LogP contribution >= 0.6 is 15.9 Å². The summed E-state index contributed by atoms with van der Waals surface area (Å²) in [5, 5.41) is 11.9. The summed E-state index contributed by atoms with van der Waals surface area (Å²) in [5.74, 6) is 0.0788. The number of piperazine rings is 1. The molecule has 2 amide bonds. The lowest BCUT2D eigenvalue weighted by Crippen LogP contribution is -2.58. The van der Waals surface area contributed by atoms with Gasteiger partial charge in [-0.05, 0) is 60.7 Å². The Labute approximate surface area is 232 Å². The number of carbonyl (C=O) groups excluding carboxylic acids is 2. The zero-order valence-corrected chi connectivity index (χ0v) is 22.8. The summed E-state index contributed by atoms with van der Waals surface area (Å²) in [7, 11) is 0. The first kappa shape index (κ1) is 25.7. The van der Waals surface area contributed by atoms with Gasteiger partial charge >= 0.3 is 0 Å². The normalized spacial score (nSPS) is 22.5. The fourth-order valence-corrected chi connectivity index (χ4v) is 6.54. The lowest BCUT2D eigenvalue weighted by atomic mass is 9.61. The van der Waals surface area contributed by atoms with Crippen molar-refractivity contribution in [2.75, 3.05) is 44.2 Å². The van der Waals surface area contributed by atoms with Crippen molar-refractivity contribution < 1.29 is 18.9 Å². The quantitative estimate of drug-likeness (QED) is 0.324. The number of aromatic nitrogens is 1. The molecule has 2 aromatic carbocycles. The number of likely N-dealkylation sites (tertiary alicyclic amines) is 1. The van der Waals surface area contributed by atoms with Gasteiger partial charge in [0, 0.05) is 55.2 Å². The average molecular weight is 596 g/mol. The average Bonchev–Trinajstić information content (AvgIpc) is 3.19. The highest BCUT2D eigenvalue weighted by Crippen LogP contribution is 2.53. The Bertz CT molecular complexity index is 1490. The first-order chi connectivity index (χ1) is 18.7. The number of pyridine rings is 1. The molecule has 3 heterocycles. The second-order valence-electron chi connectivity index (χ2n) is 10.7. The maximum Gasteiger partial charge on any atom is 0.272 e. The van der Waals surface area contributed by atoms with Crippen LogP contribution in [0.3, 0.4) is 0 Å². The fraction of sp³-hybridized carbons (Fsp3) is 0.393. The van der Waals surface area contributed by atoms with Gasteiger partial charge in [0.1, 0.15) is 11.6 Å². The van der Waals surface area contributed by atoms with E-state index >= 15 is 0 Å². The Hall–Kier alpha value is -3.60. The number of benzene rings is 2. The molecule has 2 saturated heterocycles. The Morgan fingerprint density at radius 1 is 1.08 bits per heavy atom. The summed E-state index contributed by atoms with van der Waals surface area (Å²) in [5.41, 5.74) is 0.128. The number of halogens is 2. The minimum atomic E-state index is -0.767. The van der Waals surface area contributed by atoms with Gasteiger partial charge in [-0.2, -0.15) is 0 Å². The Morgan fingerprint density at radius 2 is 1.87 bits per heavy atom. The van der Waals surface area contributed by atoms with Crippen molar-refractivity contribution in [3.63, 3.8) is 0 Å². The monoisotopic (exact) mass is 595 g/mol. The zero-order valence-electron chi connectivity index (χ0n) is 21.2. The number of anilines is 1. The lowest BCUT2D eigenvalue weighted by Gasteiger charge is -2.47. The summed E-state index contributed by atoms with van der Waals surface area (Å²) in [4.78, 5) is 47.6. The first-order valence-corrected chi connectivity index (χ1v) is 13.8. The summed E-state index contributed by atoms with van der Waals surface area (Å²) < 4.78 is 15.4. The van der Waals surface area contributed by atoms with E-state index in [-0.39, 0.29) is 35.4 Å². The molecule has 1 aliphatic carbocycles. The molecule has 2 atom stereocenters. The van der Waals surface area contributed by atoms with Gasteiger partial charge in [-0.3, -0.25) is 19.7 Å². The summed E-state index contributed by atoms with van der Waals surface area (Å²) in [6.07, 6.45) is 1.45.